The van der Waals surface area contributed by atoms with E-state index in [0.29, 0.717) is 27.4 Å². The highest BCUT2D eigenvalue weighted by atomic mass is 35.5. The number of H-pyrrole nitrogens is 1. The molecule has 0 bridgehead atoms. The largest absolute Gasteiger partial charge is 0.458 e. The number of amides is 1. The van der Waals surface area contributed by atoms with Crippen molar-refractivity contribution < 1.29 is 19.1 Å². The molecule has 3 aromatic rings. The van der Waals surface area contributed by atoms with Crippen LogP contribution in [0.3, 0.4) is 0 Å². The van der Waals surface area contributed by atoms with Crippen molar-refractivity contribution in [1.29, 1.82) is 5.26 Å². The predicted molar refractivity (Wildman–Crippen MR) is 135 cm³/mol. The summed E-state index contributed by atoms with van der Waals surface area (Å²) in [5.74, 6) is 0.302. The van der Waals surface area contributed by atoms with Gasteiger partial charge in [0.2, 0.25) is 5.88 Å². The number of fused-ring (bicyclic) bond motifs is 1. The summed E-state index contributed by atoms with van der Waals surface area (Å²) in [4.78, 5) is 31.7. The molecule has 1 fully saturated rings. The highest BCUT2D eigenvalue weighted by molar-refractivity contribution is 6.35. The van der Waals surface area contributed by atoms with Gasteiger partial charge in [-0.25, -0.2) is 19.1 Å². The van der Waals surface area contributed by atoms with Crippen LogP contribution in [0.15, 0.2) is 18.2 Å². The molecular weight excluding hydrogens is 505 g/mol. The number of esters is 1. The standard InChI is InChI=1S/C25H27Cl2N5O4/c1-12-6-13(2)20(14(3)7-12)35-24(33)19-18(11-28)23(36-25(34)31(4)5)32-22(19)29-21(30-32)15-8-16(26)10-17(27)9-15/h8-10,12-14,20H,6-7H2,1-5H3,(H,29,30). The van der Waals surface area contributed by atoms with Gasteiger partial charge in [0.25, 0.3) is 0 Å². The van der Waals surface area contributed by atoms with Crippen LogP contribution in [0.25, 0.3) is 17.0 Å². The molecule has 0 saturated heterocycles. The minimum absolute atomic E-state index is 0.0762. The Morgan fingerprint density at radius 2 is 1.75 bits per heavy atom. The lowest BCUT2D eigenvalue weighted by Crippen LogP contribution is -2.37. The van der Waals surface area contributed by atoms with E-state index in [2.05, 4.69) is 30.9 Å². The number of aromatic nitrogens is 3. The van der Waals surface area contributed by atoms with Crippen LogP contribution in [0.1, 0.15) is 49.5 Å². The Balaban J connectivity index is 1.84. The van der Waals surface area contributed by atoms with E-state index in [1.54, 1.807) is 18.2 Å². The number of aromatic amines is 1. The molecule has 2 heterocycles. The summed E-state index contributed by atoms with van der Waals surface area (Å²) >= 11 is 12.3. The molecule has 4 rings (SSSR count). The Morgan fingerprint density at radius 1 is 1.14 bits per heavy atom. The van der Waals surface area contributed by atoms with Crippen molar-refractivity contribution in [1.82, 2.24) is 19.5 Å². The number of hydrogen-bond acceptors (Lipinski definition) is 6. The minimum atomic E-state index is -0.726. The highest BCUT2D eigenvalue weighted by Crippen LogP contribution is 2.37. The van der Waals surface area contributed by atoms with Crippen molar-refractivity contribution in [2.24, 2.45) is 17.8 Å². The van der Waals surface area contributed by atoms with Gasteiger partial charge in [0.1, 0.15) is 23.3 Å². The first-order chi connectivity index (χ1) is 17.0. The van der Waals surface area contributed by atoms with E-state index in [1.807, 2.05) is 6.07 Å². The average Bonchev–Trinajstić information content (AvgIpc) is 3.33. The molecule has 11 heteroatoms. The van der Waals surface area contributed by atoms with Gasteiger partial charge in [-0.15, -0.1) is 0 Å². The summed E-state index contributed by atoms with van der Waals surface area (Å²) in [5, 5.41) is 13.7. The summed E-state index contributed by atoms with van der Waals surface area (Å²) in [5.41, 5.74) is 0.415. The van der Waals surface area contributed by atoms with Gasteiger partial charge in [-0.3, -0.25) is 5.10 Å². The third kappa shape index (κ3) is 4.88. The lowest BCUT2D eigenvalue weighted by atomic mass is 9.75. The monoisotopic (exact) mass is 531 g/mol. The number of nitrogens with one attached hydrogen (secondary N) is 1. The van der Waals surface area contributed by atoms with Gasteiger partial charge in [-0.1, -0.05) is 44.0 Å². The van der Waals surface area contributed by atoms with E-state index in [1.165, 1.54) is 23.5 Å². The zero-order valence-electron chi connectivity index (χ0n) is 20.6. The van der Waals surface area contributed by atoms with Crippen LogP contribution in [-0.4, -0.2) is 51.8 Å². The molecule has 1 amide bonds. The van der Waals surface area contributed by atoms with E-state index in [-0.39, 0.29) is 40.6 Å². The molecular formula is C25H27Cl2N5O4. The molecule has 0 spiro atoms. The van der Waals surface area contributed by atoms with Crippen molar-refractivity contribution in [2.75, 3.05) is 14.1 Å². The fourth-order valence-electron chi connectivity index (χ4n) is 4.98. The lowest BCUT2D eigenvalue weighted by molar-refractivity contribution is -0.0251. The molecule has 2 unspecified atom stereocenters. The summed E-state index contributed by atoms with van der Waals surface area (Å²) in [6.45, 7) is 6.31. The molecule has 2 aromatic heterocycles. The number of ether oxygens (including phenoxy) is 2. The molecule has 0 aliphatic heterocycles. The minimum Gasteiger partial charge on any atom is -0.458 e. The van der Waals surface area contributed by atoms with E-state index < -0.39 is 12.1 Å². The van der Waals surface area contributed by atoms with Crippen molar-refractivity contribution in [3.8, 4) is 23.3 Å². The third-order valence-electron chi connectivity index (χ3n) is 6.45. The van der Waals surface area contributed by atoms with Gasteiger partial charge in [0.05, 0.1) is 0 Å². The Hall–Kier alpha value is -3.22. The molecule has 190 valence electrons. The molecule has 1 aliphatic rings. The first-order valence-electron chi connectivity index (χ1n) is 11.6. The number of nitriles is 1. The van der Waals surface area contributed by atoms with Gasteiger partial charge in [-0.05, 0) is 48.8 Å². The Kier molecular flexibility index (Phi) is 7.21. The fraction of sp³-hybridized carbons (Fsp3) is 0.440. The van der Waals surface area contributed by atoms with Crippen molar-refractivity contribution in [3.05, 3.63) is 39.4 Å². The third-order valence-corrected chi connectivity index (χ3v) is 6.89. The van der Waals surface area contributed by atoms with E-state index >= 15 is 0 Å². The second kappa shape index (κ2) is 10.0. The Labute approximate surface area is 218 Å². The molecule has 1 aliphatic carbocycles. The van der Waals surface area contributed by atoms with Gasteiger partial charge in [0, 0.05) is 29.7 Å². The van der Waals surface area contributed by atoms with Crippen molar-refractivity contribution in [2.45, 2.75) is 39.7 Å². The van der Waals surface area contributed by atoms with Crippen LogP contribution < -0.4 is 4.74 Å². The maximum atomic E-state index is 13.5. The first kappa shape index (κ1) is 25.9. The van der Waals surface area contributed by atoms with E-state index in [0.717, 1.165) is 12.8 Å². The SMILES string of the molecule is CC1CC(C)C(OC(=O)c2c(C#N)c(OC(=O)N(C)C)n3[nH]c(-c4cc(Cl)cc(Cl)c4)nc23)C(C)C1. The number of nitrogens with zero attached hydrogens (tertiary/aromatic N) is 4. The zero-order chi connectivity index (χ0) is 26.3. The Morgan fingerprint density at radius 3 is 2.31 bits per heavy atom. The highest BCUT2D eigenvalue weighted by Gasteiger charge is 2.37. The van der Waals surface area contributed by atoms with Crippen LogP contribution in [0.2, 0.25) is 10.0 Å². The van der Waals surface area contributed by atoms with Gasteiger partial charge >= 0.3 is 12.1 Å². The number of benzene rings is 1. The molecule has 1 N–H and O–H groups in total. The van der Waals surface area contributed by atoms with Crippen molar-refractivity contribution >= 4 is 40.9 Å². The quantitative estimate of drug-likeness (QED) is 0.426. The molecule has 9 nitrogen and oxygen atoms in total. The zero-order valence-corrected chi connectivity index (χ0v) is 22.1. The number of halogens is 2. The maximum Gasteiger partial charge on any atom is 0.416 e. The van der Waals surface area contributed by atoms with Gasteiger partial charge in [0.15, 0.2) is 11.5 Å². The van der Waals surface area contributed by atoms with Crippen LogP contribution >= 0.6 is 23.2 Å². The molecule has 1 aromatic carbocycles. The molecule has 36 heavy (non-hydrogen) atoms. The molecule has 1 saturated carbocycles. The smallest absolute Gasteiger partial charge is 0.416 e. The average molecular weight is 532 g/mol. The second-order valence-electron chi connectivity index (χ2n) is 9.72. The summed E-state index contributed by atoms with van der Waals surface area (Å²) in [6.07, 6.45) is 0.836. The van der Waals surface area contributed by atoms with Crippen LogP contribution in [0.5, 0.6) is 5.88 Å². The Bertz CT molecular complexity index is 1340. The topological polar surface area (TPSA) is 113 Å². The fourth-order valence-corrected chi connectivity index (χ4v) is 5.51. The maximum absolute atomic E-state index is 13.5. The van der Waals surface area contributed by atoms with Crippen LogP contribution in [0, 0.1) is 29.1 Å². The van der Waals surface area contributed by atoms with E-state index in [4.69, 9.17) is 32.7 Å². The summed E-state index contributed by atoms with van der Waals surface area (Å²) in [7, 11) is 3.02. The second-order valence-corrected chi connectivity index (χ2v) is 10.6. The molecule has 2 atom stereocenters. The number of rotatable bonds is 4. The van der Waals surface area contributed by atoms with Crippen LogP contribution in [-0.2, 0) is 4.74 Å². The molecule has 0 radical (unpaired) electrons. The number of carbonyl (C=O) groups excluding carboxylic acids is 2. The summed E-state index contributed by atoms with van der Waals surface area (Å²) < 4.78 is 12.7. The van der Waals surface area contributed by atoms with Gasteiger partial charge in [-0.2, -0.15) is 5.26 Å². The summed E-state index contributed by atoms with van der Waals surface area (Å²) in [6, 6.07) is 6.86. The number of hydrogen-bond donors (Lipinski definition) is 1. The number of carbonyl (C=O) groups is 2. The van der Waals surface area contributed by atoms with Crippen LogP contribution in [0.4, 0.5) is 4.79 Å². The van der Waals surface area contributed by atoms with Crippen molar-refractivity contribution in [3.63, 3.8) is 0 Å². The predicted octanol–water partition coefficient (Wildman–Crippen LogP) is 5.80. The van der Waals surface area contributed by atoms with Gasteiger partial charge < -0.3 is 14.4 Å². The van der Waals surface area contributed by atoms with E-state index in [9.17, 15) is 14.9 Å². The first-order valence-corrected chi connectivity index (χ1v) is 12.4. The lowest BCUT2D eigenvalue weighted by Gasteiger charge is -2.37. The normalized spacial score (nSPS) is 21.7.